The molecule has 2 rings (SSSR count). The highest BCUT2D eigenvalue weighted by atomic mass is 16.5. The average molecular weight is 369 g/mol. The Kier molecular flexibility index (Phi) is 7.67. The van der Waals surface area contributed by atoms with Crippen LogP contribution in [0.4, 0.5) is 16.2 Å². The molecule has 0 atom stereocenters. The number of benzene rings is 2. The summed E-state index contributed by atoms with van der Waals surface area (Å²) in [6, 6.07) is 13.6. The van der Waals surface area contributed by atoms with Gasteiger partial charge in [-0.05, 0) is 56.0 Å². The zero-order valence-corrected chi connectivity index (χ0v) is 16.1. The molecule has 0 spiro atoms. The molecule has 0 saturated heterocycles. The van der Waals surface area contributed by atoms with Crippen molar-refractivity contribution in [1.82, 2.24) is 5.32 Å². The number of carbonyl (C=O) groups is 2. The van der Waals surface area contributed by atoms with Gasteiger partial charge in [-0.3, -0.25) is 10.1 Å². The van der Waals surface area contributed by atoms with Crippen LogP contribution in [0.1, 0.15) is 23.6 Å². The van der Waals surface area contributed by atoms with Crippen LogP contribution in [-0.4, -0.2) is 31.7 Å². The minimum atomic E-state index is -0.494. The van der Waals surface area contributed by atoms with E-state index in [1.807, 2.05) is 31.2 Å². The molecule has 0 unspecified atom stereocenters. The van der Waals surface area contributed by atoms with Crippen molar-refractivity contribution in [3.05, 3.63) is 59.2 Å². The van der Waals surface area contributed by atoms with Crippen LogP contribution >= 0.6 is 0 Å². The van der Waals surface area contributed by atoms with Gasteiger partial charge >= 0.3 is 6.09 Å². The predicted octanol–water partition coefficient (Wildman–Crippen LogP) is 3.64. The summed E-state index contributed by atoms with van der Waals surface area (Å²) in [6.07, 6.45) is 0.308. The maximum absolute atomic E-state index is 12.1. The van der Waals surface area contributed by atoms with Gasteiger partial charge in [-0.15, -0.1) is 0 Å². The van der Waals surface area contributed by atoms with E-state index in [4.69, 9.17) is 4.74 Å². The maximum atomic E-state index is 12.1. The van der Waals surface area contributed by atoms with Crippen molar-refractivity contribution >= 4 is 23.4 Å². The molecule has 2 amide bonds. The number of amides is 2. The van der Waals surface area contributed by atoms with Crippen molar-refractivity contribution in [2.24, 2.45) is 0 Å². The first-order chi connectivity index (χ1) is 13.0. The molecule has 0 aromatic heterocycles. The molecule has 6 heteroatoms. The molecule has 2 aromatic carbocycles. The molecular weight excluding hydrogens is 342 g/mol. The number of aryl methyl sites for hydroxylation is 1. The van der Waals surface area contributed by atoms with Gasteiger partial charge in [0, 0.05) is 17.9 Å². The topological polar surface area (TPSA) is 79.5 Å². The summed E-state index contributed by atoms with van der Waals surface area (Å²) in [5.74, 6) is -0.0771. The second-order valence-electron chi connectivity index (χ2n) is 6.20. The van der Waals surface area contributed by atoms with Gasteiger partial charge in [0.1, 0.15) is 0 Å². The summed E-state index contributed by atoms with van der Waals surface area (Å²) in [5, 5.41) is 8.73. The lowest BCUT2D eigenvalue weighted by Crippen LogP contribution is -2.31. The molecule has 6 nitrogen and oxygen atoms in total. The highest BCUT2D eigenvalue weighted by Gasteiger charge is 2.09. The zero-order chi connectivity index (χ0) is 19.6. The number of anilines is 2. The first kappa shape index (κ1) is 20.3. The Bertz CT molecular complexity index is 790. The highest BCUT2D eigenvalue weighted by molar-refractivity contribution is 5.87. The van der Waals surface area contributed by atoms with Crippen LogP contribution in [0.25, 0.3) is 0 Å². The first-order valence-electron chi connectivity index (χ1n) is 9.09. The van der Waals surface area contributed by atoms with E-state index in [1.54, 1.807) is 13.0 Å². The van der Waals surface area contributed by atoms with Gasteiger partial charge in [0.2, 0.25) is 5.91 Å². The van der Waals surface area contributed by atoms with E-state index in [0.717, 1.165) is 17.7 Å². The van der Waals surface area contributed by atoms with E-state index < -0.39 is 6.09 Å². The lowest BCUT2D eigenvalue weighted by Gasteiger charge is -2.14. The average Bonchev–Trinajstić information content (AvgIpc) is 2.64. The first-order valence-corrected chi connectivity index (χ1v) is 9.09. The highest BCUT2D eigenvalue weighted by Crippen LogP contribution is 2.23. The molecule has 0 aliphatic rings. The third-order valence-corrected chi connectivity index (χ3v) is 4.26. The number of nitrogens with one attached hydrogen (secondary N) is 3. The fourth-order valence-corrected chi connectivity index (χ4v) is 2.70. The molecule has 0 heterocycles. The minimum absolute atomic E-state index is 0.0771. The lowest BCUT2D eigenvalue weighted by atomic mass is 10.1. The normalized spacial score (nSPS) is 10.2. The number of hydrogen-bond donors (Lipinski definition) is 3. The van der Waals surface area contributed by atoms with Gasteiger partial charge in [-0.1, -0.05) is 30.3 Å². The van der Waals surface area contributed by atoms with Crippen LogP contribution in [-0.2, 0) is 16.0 Å². The third kappa shape index (κ3) is 6.33. The molecule has 27 heavy (non-hydrogen) atoms. The Hall–Kier alpha value is -3.02. The molecule has 0 fully saturated rings. The van der Waals surface area contributed by atoms with Crippen LogP contribution in [0, 0.1) is 13.8 Å². The summed E-state index contributed by atoms with van der Waals surface area (Å²) < 4.78 is 4.89. The monoisotopic (exact) mass is 369 g/mol. The quantitative estimate of drug-likeness (QED) is 0.664. The molecular formula is C21H27N3O3. The van der Waals surface area contributed by atoms with Crippen LogP contribution in [0.5, 0.6) is 0 Å². The summed E-state index contributed by atoms with van der Waals surface area (Å²) >= 11 is 0. The second-order valence-corrected chi connectivity index (χ2v) is 6.20. The number of ether oxygens (including phenoxy) is 1. The van der Waals surface area contributed by atoms with E-state index in [2.05, 4.69) is 35.0 Å². The van der Waals surface area contributed by atoms with Gasteiger partial charge in [-0.25, -0.2) is 4.79 Å². The minimum Gasteiger partial charge on any atom is -0.450 e. The van der Waals surface area contributed by atoms with Crippen molar-refractivity contribution in [2.75, 3.05) is 30.3 Å². The van der Waals surface area contributed by atoms with Crippen molar-refractivity contribution < 1.29 is 14.3 Å². The molecule has 144 valence electrons. The SMILES string of the molecule is CCOC(=O)Nc1cccc(NCC(=O)NCCc2ccccc2C)c1C. The number of carbonyl (C=O) groups excluding carboxylic acids is 2. The Balaban J connectivity index is 1.82. The lowest BCUT2D eigenvalue weighted by molar-refractivity contribution is -0.119. The van der Waals surface area contributed by atoms with Crippen LogP contribution in [0.2, 0.25) is 0 Å². The van der Waals surface area contributed by atoms with E-state index in [9.17, 15) is 9.59 Å². The molecule has 0 saturated carbocycles. The van der Waals surface area contributed by atoms with Gasteiger partial charge in [0.05, 0.1) is 13.2 Å². The fourth-order valence-electron chi connectivity index (χ4n) is 2.70. The van der Waals surface area contributed by atoms with Crippen molar-refractivity contribution in [1.29, 1.82) is 0 Å². The Morgan fingerprint density at radius 2 is 1.74 bits per heavy atom. The smallest absolute Gasteiger partial charge is 0.411 e. The molecule has 0 bridgehead atoms. The Labute approximate surface area is 160 Å². The summed E-state index contributed by atoms with van der Waals surface area (Å²) in [4.78, 5) is 23.7. The fraction of sp³-hybridized carbons (Fsp3) is 0.333. The largest absolute Gasteiger partial charge is 0.450 e. The summed E-state index contributed by atoms with van der Waals surface area (Å²) in [5.41, 5.74) is 4.75. The van der Waals surface area contributed by atoms with Crippen molar-refractivity contribution in [3.8, 4) is 0 Å². The van der Waals surface area contributed by atoms with Gasteiger partial charge < -0.3 is 15.4 Å². The molecule has 3 N–H and O–H groups in total. The zero-order valence-electron chi connectivity index (χ0n) is 16.1. The number of hydrogen-bond acceptors (Lipinski definition) is 4. The standard InChI is InChI=1S/C21H27N3O3/c1-4-27-21(26)24-19-11-7-10-18(16(19)3)23-14-20(25)22-13-12-17-9-6-5-8-15(17)2/h5-11,23H,4,12-14H2,1-3H3,(H,22,25)(H,24,26). The van der Waals surface area contributed by atoms with E-state index in [-0.39, 0.29) is 12.5 Å². The second kappa shape index (κ2) is 10.2. The van der Waals surface area contributed by atoms with Gasteiger partial charge in [0.25, 0.3) is 0 Å². The molecule has 0 aliphatic carbocycles. The van der Waals surface area contributed by atoms with Gasteiger partial charge in [0.15, 0.2) is 0 Å². The van der Waals surface area contributed by atoms with Crippen molar-refractivity contribution in [3.63, 3.8) is 0 Å². The summed E-state index contributed by atoms with van der Waals surface area (Å²) in [6.45, 7) is 6.76. The molecule has 0 radical (unpaired) electrons. The summed E-state index contributed by atoms with van der Waals surface area (Å²) in [7, 11) is 0. The van der Waals surface area contributed by atoms with E-state index >= 15 is 0 Å². The third-order valence-electron chi connectivity index (χ3n) is 4.26. The van der Waals surface area contributed by atoms with Crippen LogP contribution in [0.3, 0.4) is 0 Å². The Morgan fingerprint density at radius 3 is 2.48 bits per heavy atom. The molecule has 2 aromatic rings. The molecule has 0 aliphatic heterocycles. The van der Waals surface area contributed by atoms with E-state index in [1.165, 1.54) is 11.1 Å². The van der Waals surface area contributed by atoms with Gasteiger partial charge in [-0.2, -0.15) is 0 Å². The van der Waals surface area contributed by atoms with E-state index in [0.29, 0.717) is 18.8 Å². The predicted molar refractivity (Wildman–Crippen MR) is 108 cm³/mol. The van der Waals surface area contributed by atoms with Crippen LogP contribution < -0.4 is 16.0 Å². The Morgan fingerprint density at radius 1 is 1.00 bits per heavy atom. The van der Waals surface area contributed by atoms with Crippen molar-refractivity contribution in [2.45, 2.75) is 27.2 Å². The van der Waals surface area contributed by atoms with Crippen LogP contribution in [0.15, 0.2) is 42.5 Å². The maximum Gasteiger partial charge on any atom is 0.411 e. The number of rotatable bonds is 8.